The van der Waals surface area contributed by atoms with E-state index in [1.54, 1.807) is 24.8 Å². The summed E-state index contributed by atoms with van der Waals surface area (Å²) in [5.74, 6) is -5.51. The van der Waals surface area contributed by atoms with Crippen molar-refractivity contribution in [2.75, 3.05) is 13.2 Å². The van der Waals surface area contributed by atoms with Crippen LogP contribution >= 0.6 is 0 Å². The molecular weight excluding hydrogens is 726 g/mol. The zero-order chi connectivity index (χ0) is 40.1. The maximum atomic E-state index is 12.3. The lowest BCUT2D eigenvalue weighted by molar-refractivity contribution is -0.193. The smallest absolute Gasteiger partial charge is 0.475 e. The first-order valence-corrected chi connectivity index (χ1v) is 15.4. The lowest BCUT2D eigenvalue weighted by Gasteiger charge is -2.05. The second-order valence-electron chi connectivity index (χ2n) is 11.0. The summed E-state index contributed by atoms with van der Waals surface area (Å²) in [6, 6.07) is 23.5. The topological polar surface area (TPSA) is 197 Å². The van der Waals surface area contributed by atoms with E-state index in [1.165, 1.54) is 5.56 Å². The van der Waals surface area contributed by atoms with Crippen LogP contribution in [0.5, 0.6) is 0 Å². The maximum Gasteiger partial charge on any atom is 0.490 e. The maximum absolute atomic E-state index is 12.3. The highest BCUT2D eigenvalue weighted by atomic mass is 19.4. The molecule has 0 atom stereocenters. The number of carbonyl (C=O) groups is 3. The molecule has 0 aliphatic rings. The van der Waals surface area contributed by atoms with Crippen LogP contribution in [-0.4, -0.2) is 79.1 Å². The Bertz CT molecular complexity index is 2100. The van der Waals surface area contributed by atoms with Gasteiger partial charge in [-0.2, -0.15) is 26.3 Å². The van der Waals surface area contributed by atoms with Crippen molar-refractivity contribution in [1.29, 1.82) is 0 Å². The summed E-state index contributed by atoms with van der Waals surface area (Å²) < 4.78 is 63.5. The summed E-state index contributed by atoms with van der Waals surface area (Å²) in [6.07, 6.45) is -3.16. The number of carbonyl (C=O) groups excluding carboxylic acids is 1. The van der Waals surface area contributed by atoms with E-state index in [1.807, 2.05) is 67.6 Å². The largest absolute Gasteiger partial charge is 0.490 e. The van der Waals surface area contributed by atoms with Crippen molar-refractivity contribution in [3.63, 3.8) is 0 Å². The van der Waals surface area contributed by atoms with E-state index in [0.29, 0.717) is 24.4 Å². The normalized spacial score (nSPS) is 11.3. The van der Waals surface area contributed by atoms with Gasteiger partial charge in [0.2, 0.25) is 5.78 Å². The fraction of sp³-hybridized carbons (Fsp3) is 0.167. The molecule has 4 heterocycles. The number of halogens is 6. The molecule has 6 N–H and O–H groups in total. The van der Waals surface area contributed by atoms with E-state index in [-0.39, 0.29) is 5.78 Å². The Morgan fingerprint density at radius 2 is 1.11 bits per heavy atom. The number of aromatic amines is 2. The number of nitrogens with zero attached hydrogens (tertiary/aromatic N) is 3. The average Bonchev–Trinajstić information content (AvgIpc) is 3.76. The number of benzene rings is 2. The van der Waals surface area contributed by atoms with Crippen LogP contribution in [0, 0.1) is 13.8 Å². The Labute approximate surface area is 302 Å². The molecule has 0 spiro atoms. The molecule has 0 saturated heterocycles. The van der Waals surface area contributed by atoms with Gasteiger partial charge in [-0.05, 0) is 38.1 Å². The lowest BCUT2D eigenvalue weighted by atomic mass is 10.1. The van der Waals surface area contributed by atoms with Crippen molar-refractivity contribution in [3.8, 4) is 0 Å². The van der Waals surface area contributed by atoms with Gasteiger partial charge in [-0.3, -0.25) is 14.8 Å². The van der Waals surface area contributed by atoms with Crippen LogP contribution in [0.3, 0.4) is 0 Å². The predicted octanol–water partition coefficient (Wildman–Crippen LogP) is 6.97. The highest BCUT2D eigenvalue weighted by Crippen LogP contribution is 2.19. The first-order chi connectivity index (χ1) is 25.4. The van der Waals surface area contributed by atoms with Gasteiger partial charge < -0.3 is 30.8 Å². The number of hydrogen-bond acceptors (Lipinski definition) is 8. The van der Waals surface area contributed by atoms with Crippen molar-refractivity contribution in [2.45, 2.75) is 26.2 Å². The zero-order valence-corrected chi connectivity index (χ0v) is 28.4. The van der Waals surface area contributed by atoms with Gasteiger partial charge in [0.1, 0.15) is 12.3 Å². The Hall–Kier alpha value is -6.56. The van der Waals surface area contributed by atoms with Gasteiger partial charge in [-0.25, -0.2) is 9.59 Å². The number of aryl methyl sites for hydroxylation is 2. The van der Waals surface area contributed by atoms with Gasteiger partial charge in [0, 0.05) is 40.8 Å². The molecule has 6 aromatic rings. The van der Waals surface area contributed by atoms with Gasteiger partial charge in [-0.1, -0.05) is 64.8 Å². The standard InChI is InChI=1S/C17H18N4O.C15H12N2O.2C2HF3O2/c1-12-2-4-13(5-3-12)17(21-22-9-7-18)15-10-14-6-8-19-11-16(14)20-15;1-10-2-4-11(5-3-10)15(18)13-8-12-6-7-16-9-14(12)17-13;2*3-2(4,5)1(6)7/h2-6,8,10-11,20H,7,9,18H2,1H3;2-9,17H,1H3;2*(H,6,7). The Morgan fingerprint density at radius 3 is 1.52 bits per heavy atom. The summed E-state index contributed by atoms with van der Waals surface area (Å²) in [5, 5.41) is 20.6. The quantitative estimate of drug-likeness (QED) is 0.0376. The number of ketones is 1. The number of aliphatic carboxylic acids is 2. The fourth-order valence-electron chi connectivity index (χ4n) is 4.19. The van der Waals surface area contributed by atoms with Gasteiger partial charge in [-0.15, -0.1) is 0 Å². The minimum atomic E-state index is -5.08. The molecule has 54 heavy (non-hydrogen) atoms. The van der Waals surface area contributed by atoms with Crippen LogP contribution in [0.1, 0.15) is 38.4 Å². The van der Waals surface area contributed by atoms with E-state index in [4.69, 9.17) is 30.4 Å². The minimum Gasteiger partial charge on any atom is -0.475 e. The number of nitrogens with two attached hydrogens (primary N) is 1. The molecule has 0 amide bonds. The van der Waals surface area contributed by atoms with Crippen molar-refractivity contribution in [1.82, 2.24) is 19.9 Å². The molecule has 0 unspecified atom stereocenters. The second-order valence-corrected chi connectivity index (χ2v) is 11.0. The number of H-pyrrole nitrogens is 2. The first kappa shape index (κ1) is 41.9. The van der Waals surface area contributed by atoms with Crippen LogP contribution in [0.2, 0.25) is 0 Å². The summed E-state index contributed by atoms with van der Waals surface area (Å²) in [5.41, 5.74) is 13.6. The van der Waals surface area contributed by atoms with E-state index in [0.717, 1.165) is 44.3 Å². The number of fused-ring (bicyclic) bond motifs is 2. The number of carboxylic acids is 2. The monoisotopic (exact) mass is 758 g/mol. The molecule has 0 fully saturated rings. The van der Waals surface area contributed by atoms with Gasteiger partial charge in [0.05, 0.1) is 34.8 Å². The van der Waals surface area contributed by atoms with E-state index >= 15 is 0 Å². The summed E-state index contributed by atoms with van der Waals surface area (Å²) >= 11 is 0. The molecule has 0 saturated carbocycles. The number of alkyl halides is 6. The highest BCUT2D eigenvalue weighted by Gasteiger charge is 2.38. The molecule has 0 radical (unpaired) electrons. The van der Waals surface area contributed by atoms with Gasteiger partial charge in [0.25, 0.3) is 0 Å². The molecule has 6 rings (SSSR count). The molecule has 0 aliphatic heterocycles. The van der Waals surface area contributed by atoms with E-state index in [9.17, 15) is 31.1 Å². The van der Waals surface area contributed by atoms with Crippen LogP contribution in [0.15, 0.2) is 103 Å². The summed E-state index contributed by atoms with van der Waals surface area (Å²) in [4.78, 5) is 50.0. The molecule has 4 aromatic heterocycles. The number of rotatable bonds is 7. The van der Waals surface area contributed by atoms with Crippen molar-refractivity contribution >= 4 is 45.2 Å². The molecular formula is C36H32F6N6O6. The minimum absolute atomic E-state index is 0.00574. The molecule has 18 heteroatoms. The number of nitrogens with one attached hydrogen (secondary N) is 2. The fourth-order valence-corrected chi connectivity index (χ4v) is 4.19. The van der Waals surface area contributed by atoms with Crippen LogP contribution in [-0.2, 0) is 14.4 Å². The highest BCUT2D eigenvalue weighted by molar-refractivity contribution is 6.13. The lowest BCUT2D eigenvalue weighted by Crippen LogP contribution is -2.21. The van der Waals surface area contributed by atoms with E-state index in [2.05, 4.69) is 44.1 Å². The van der Waals surface area contributed by atoms with Gasteiger partial charge in [0.15, 0.2) is 0 Å². The van der Waals surface area contributed by atoms with E-state index < -0.39 is 24.3 Å². The second kappa shape index (κ2) is 18.8. The van der Waals surface area contributed by atoms with Gasteiger partial charge >= 0.3 is 24.3 Å². The number of pyridine rings is 2. The summed E-state index contributed by atoms with van der Waals surface area (Å²) in [7, 11) is 0. The van der Waals surface area contributed by atoms with Crippen LogP contribution in [0.25, 0.3) is 21.8 Å². The SMILES string of the molecule is Cc1ccc(C(=NOCCN)c2cc3ccncc3[nH]2)cc1.Cc1ccc(C(=O)c2cc3ccncc3[nH]2)cc1.O=C(O)C(F)(F)F.O=C(O)C(F)(F)F. The summed E-state index contributed by atoms with van der Waals surface area (Å²) in [6.45, 7) is 4.88. The number of aromatic nitrogens is 4. The number of oxime groups is 1. The number of carboxylic acid groups (broad SMARTS) is 2. The number of hydrogen-bond donors (Lipinski definition) is 5. The first-order valence-electron chi connectivity index (χ1n) is 15.4. The Balaban J connectivity index is 0.000000219. The van der Waals surface area contributed by atoms with Crippen molar-refractivity contribution in [2.24, 2.45) is 10.9 Å². The molecule has 284 valence electrons. The third-order valence-electron chi connectivity index (χ3n) is 6.84. The molecule has 2 aromatic carbocycles. The third kappa shape index (κ3) is 12.6. The Kier molecular flexibility index (Phi) is 14.6. The average molecular weight is 759 g/mol. The van der Waals surface area contributed by atoms with Crippen LogP contribution in [0.4, 0.5) is 26.3 Å². The molecule has 12 nitrogen and oxygen atoms in total. The molecule has 0 aliphatic carbocycles. The van der Waals surface area contributed by atoms with Crippen molar-refractivity contribution in [3.05, 3.63) is 131 Å². The van der Waals surface area contributed by atoms with Crippen molar-refractivity contribution < 1.29 is 55.8 Å². The zero-order valence-electron chi connectivity index (χ0n) is 28.4. The van der Waals surface area contributed by atoms with Crippen LogP contribution < -0.4 is 5.73 Å². The third-order valence-corrected chi connectivity index (χ3v) is 6.84. The molecule has 0 bridgehead atoms. The Morgan fingerprint density at radius 1 is 0.704 bits per heavy atom. The predicted molar refractivity (Wildman–Crippen MR) is 186 cm³/mol.